The number of nitrogens with zero attached hydrogens (tertiary/aromatic N) is 1. The third-order valence-corrected chi connectivity index (χ3v) is 3.39. The van der Waals surface area contributed by atoms with Crippen molar-refractivity contribution in [3.8, 4) is 0 Å². The third-order valence-electron chi connectivity index (χ3n) is 2.29. The molecule has 0 atom stereocenters. The highest BCUT2D eigenvalue weighted by molar-refractivity contribution is 7.19. The SMILES string of the molecule is CN(C)Cc1cc2cc(C(=O)O)ccc2s1. The van der Waals surface area contributed by atoms with E-state index in [0.717, 1.165) is 16.6 Å². The number of fused-ring (bicyclic) bond motifs is 1. The molecule has 0 aliphatic heterocycles. The number of benzene rings is 1. The average molecular weight is 235 g/mol. The molecular weight excluding hydrogens is 222 g/mol. The molecule has 4 heteroatoms. The van der Waals surface area contributed by atoms with E-state index < -0.39 is 5.97 Å². The monoisotopic (exact) mass is 235 g/mol. The number of aromatic carboxylic acids is 1. The molecule has 0 amide bonds. The van der Waals surface area contributed by atoms with Crippen LogP contribution in [0.1, 0.15) is 15.2 Å². The second kappa shape index (κ2) is 4.23. The minimum Gasteiger partial charge on any atom is -0.478 e. The van der Waals surface area contributed by atoms with Gasteiger partial charge in [0.2, 0.25) is 0 Å². The van der Waals surface area contributed by atoms with Crippen molar-refractivity contribution in [3.05, 3.63) is 34.7 Å². The van der Waals surface area contributed by atoms with Crippen molar-refractivity contribution in [2.75, 3.05) is 14.1 Å². The highest BCUT2D eigenvalue weighted by Gasteiger charge is 2.07. The molecule has 0 saturated carbocycles. The zero-order chi connectivity index (χ0) is 11.7. The van der Waals surface area contributed by atoms with Crippen molar-refractivity contribution in [2.45, 2.75) is 6.54 Å². The summed E-state index contributed by atoms with van der Waals surface area (Å²) in [6, 6.07) is 7.32. The normalized spacial score (nSPS) is 11.2. The van der Waals surface area contributed by atoms with Crippen LogP contribution in [-0.4, -0.2) is 30.1 Å². The standard InChI is InChI=1S/C12H13NO2S/c1-13(2)7-10-6-9-5-8(12(14)15)3-4-11(9)16-10/h3-6H,7H2,1-2H3,(H,14,15). The van der Waals surface area contributed by atoms with Gasteiger partial charge in [0.25, 0.3) is 0 Å². The topological polar surface area (TPSA) is 40.5 Å². The van der Waals surface area contributed by atoms with Gasteiger partial charge in [-0.05, 0) is 43.7 Å². The van der Waals surface area contributed by atoms with Gasteiger partial charge in [-0.25, -0.2) is 4.79 Å². The Balaban J connectivity index is 2.42. The fourth-order valence-corrected chi connectivity index (χ4v) is 2.78. The second-order valence-electron chi connectivity index (χ2n) is 4.01. The van der Waals surface area contributed by atoms with Gasteiger partial charge >= 0.3 is 5.97 Å². The summed E-state index contributed by atoms with van der Waals surface area (Å²) in [7, 11) is 4.04. The first-order chi connectivity index (χ1) is 7.56. The molecule has 2 aromatic rings. The predicted molar refractivity (Wildman–Crippen MR) is 66.2 cm³/mol. The minimum atomic E-state index is -0.873. The number of carboxylic acids is 1. The Morgan fingerprint density at radius 2 is 2.12 bits per heavy atom. The van der Waals surface area contributed by atoms with Crippen LogP contribution >= 0.6 is 11.3 Å². The molecule has 1 N–H and O–H groups in total. The van der Waals surface area contributed by atoms with Crippen LogP contribution in [0.2, 0.25) is 0 Å². The van der Waals surface area contributed by atoms with E-state index in [4.69, 9.17) is 5.11 Å². The number of rotatable bonds is 3. The molecule has 0 unspecified atom stereocenters. The molecule has 84 valence electrons. The van der Waals surface area contributed by atoms with E-state index in [-0.39, 0.29) is 0 Å². The number of hydrogen-bond acceptors (Lipinski definition) is 3. The Labute approximate surface area is 97.9 Å². The van der Waals surface area contributed by atoms with E-state index in [1.807, 2.05) is 20.2 Å². The maximum absolute atomic E-state index is 10.8. The van der Waals surface area contributed by atoms with Crippen LogP contribution in [0.15, 0.2) is 24.3 Å². The van der Waals surface area contributed by atoms with Crippen LogP contribution in [0.5, 0.6) is 0 Å². The molecule has 2 rings (SSSR count). The largest absolute Gasteiger partial charge is 0.478 e. The van der Waals surface area contributed by atoms with Gasteiger partial charge in [-0.3, -0.25) is 0 Å². The van der Waals surface area contributed by atoms with E-state index in [9.17, 15) is 4.79 Å². The highest BCUT2D eigenvalue weighted by Crippen LogP contribution is 2.27. The molecule has 1 aromatic heterocycles. The summed E-state index contributed by atoms with van der Waals surface area (Å²) in [6.07, 6.45) is 0. The molecule has 0 spiro atoms. The molecule has 0 fully saturated rings. The molecule has 0 bridgehead atoms. The molecule has 0 aliphatic carbocycles. The summed E-state index contributed by atoms with van der Waals surface area (Å²) in [5.74, 6) is -0.873. The number of carboxylic acid groups (broad SMARTS) is 1. The maximum Gasteiger partial charge on any atom is 0.335 e. The van der Waals surface area contributed by atoms with E-state index >= 15 is 0 Å². The van der Waals surface area contributed by atoms with E-state index in [0.29, 0.717) is 5.56 Å². The molecule has 1 aromatic carbocycles. The summed E-state index contributed by atoms with van der Waals surface area (Å²) in [4.78, 5) is 14.2. The lowest BCUT2D eigenvalue weighted by Gasteiger charge is -2.05. The Morgan fingerprint density at radius 1 is 1.38 bits per heavy atom. The Kier molecular flexibility index (Phi) is 2.94. The van der Waals surface area contributed by atoms with Gasteiger partial charge in [0.1, 0.15) is 0 Å². The van der Waals surface area contributed by atoms with E-state index in [2.05, 4.69) is 11.0 Å². The van der Waals surface area contributed by atoms with E-state index in [1.165, 1.54) is 4.88 Å². The van der Waals surface area contributed by atoms with Crippen LogP contribution in [0.4, 0.5) is 0 Å². The Hall–Kier alpha value is -1.39. The molecule has 1 heterocycles. The lowest BCUT2D eigenvalue weighted by Crippen LogP contribution is -2.09. The first-order valence-corrected chi connectivity index (χ1v) is 5.78. The molecule has 3 nitrogen and oxygen atoms in total. The van der Waals surface area contributed by atoms with Gasteiger partial charge < -0.3 is 10.0 Å². The summed E-state index contributed by atoms with van der Waals surface area (Å²) in [5.41, 5.74) is 0.349. The lowest BCUT2D eigenvalue weighted by atomic mass is 10.1. The summed E-state index contributed by atoms with van der Waals surface area (Å²) >= 11 is 1.71. The van der Waals surface area contributed by atoms with Gasteiger partial charge in [-0.15, -0.1) is 11.3 Å². The lowest BCUT2D eigenvalue weighted by molar-refractivity contribution is 0.0697. The van der Waals surface area contributed by atoms with Crippen LogP contribution in [0.25, 0.3) is 10.1 Å². The van der Waals surface area contributed by atoms with Gasteiger partial charge in [0.15, 0.2) is 0 Å². The second-order valence-corrected chi connectivity index (χ2v) is 5.18. The minimum absolute atomic E-state index is 0.349. The smallest absolute Gasteiger partial charge is 0.335 e. The van der Waals surface area contributed by atoms with Crippen LogP contribution in [0.3, 0.4) is 0 Å². The van der Waals surface area contributed by atoms with Gasteiger partial charge in [0, 0.05) is 16.1 Å². The summed E-state index contributed by atoms with van der Waals surface area (Å²) < 4.78 is 1.14. The average Bonchev–Trinajstić information content (AvgIpc) is 2.56. The molecule has 0 saturated heterocycles. The van der Waals surface area contributed by atoms with Crippen LogP contribution in [0, 0.1) is 0 Å². The van der Waals surface area contributed by atoms with Gasteiger partial charge in [-0.1, -0.05) is 0 Å². The molecule has 16 heavy (non-hydrogen) atoms. The number of hydrogen-bond donors (Lipinski definition) is 1. The fraction of sp³-hybridized carbons (Fsp3) is 0.250. The number of thiophene rings is 1. The van der Waals surface area contributed by atoms with Crippen LogP contribution in [-0.2, 0) is 6.54 Å². The molecule has 0 aliphatic rings. The predicted octanol–water partition coefficient (Wildman–Crippen LogP) is 2.66. The third kappa shape index (κ3) is 2.23. The van der Waals surface area contributed by atoms with E-state index in [1.54, 1.807) is 23.5 Å². The van der Waals surface area contributed by atoms with Gasteiger partial charge in [0.05, 0.1) is 5.56 Å². The van der Waals surface area contributed by atoms with Crippen molar-refractivity contribution in [1.82, 2.24) is 4.90 Å². The fourth-order valence-electron chi connectivity index (χ4n) is 1.62. The zero-order valence-corrected chi connectivity index (χ0v) is 10.0. The molecular formula is C12H13NO2S. The summed E-state index contributed by atoms with van der Waals surface area (Å²) in [6.45, 7) is 0.891. The summed E-state index contributed by atoms with van der Waals surface area (Å²) in [5, 5.41) is 9.91. The van der Waals surface area contributed by atoms with Gasteiger partial charge in [-0.2, -0.15) is 0 Å². The van der Waals surface area contributed by atoms with Crippen molar-refractivity contribution >= 4 is 27.4 Å². The first-order valence-electron chi connectivity index (χ1n) is 4.97. The van der Waals surface area contributed by atoms with Crippen molar-refractivity contribution in [1.29, 1.82) is 0 Å². The Bertz CT molecular complexity index is 531. The highest BCUT2D eigenvalue weighted by atomic mass is 32.1. The first kappa shape index (κ1) is 11.1. The number of carbonyl (C=O) groups is 1. The molecule has 0 radical (unpaired) electrons. The van der Waals surface area contributed by atoms with Crippen molar-refractivity contribution < 1.29 is 9.90 Å². The zero-order valence-electron chi connectivity index (χ0n) is 9.23. The Morgan fingerprint density at radius 3 is 2.75 bits per heavy atom. The van der Waals surface area contributed by atoms with Crippen molar-refractivity contribution in [2.24, 2.45) is 0 Å². The maximum atomic E-state index is 10.8. The van der Waals surface area contributed by atoms with Crippen LogP contribution < -0.4 is 0 Å². The van der Waals surface area contributed by atoms with Crippen molar-refractivity contribution in [3.63, 3.8) is 0 Å². The quantitative estimate of drug-likeness (QED) is 0.889.